The van der Waals surface area contributed by atoms with Crippen LogP contribution in [0.2, 0.25) is 5.02 Å². The van der Waals surface area contributed by atoms with Crippen LogP contribution in [-0.4, -0.2) is 73.0 Å². The Morgan fingerprint density at radius 3 is 2.68 bits per heavy atom. The number of hydrogen-bond donors (Lipinski definition) is 1. The number of hydrogen-bond acceptors (Lipinski definition) is 6. The van der Waals surface area contributed by atoms with Crippen LogP contribution in [0, 0.1) is 10.1 Å². The van der Waals surface area contributed by atoms with Crippen molar-refractivity contribution in [3.63, 3.8) is 0 Å². The van der Waals surface area contributed by atoms with Crippen LogP contribution in [0.25, 0.3) is 0 Å². The van der Waals surface area contributed by atoms with E-state index in [1.807, 2.05) is 0 Å². The molecule has 0 aliphatic carbocycles. The van der Waals surface area contributed by atoms with Crippen molar-refractivity contribution in [3.8, 4) is 0 Å². The van der Waals surface area contributed by atoms with Crippen LogP contribution in [0.5, 0.6) is 0 Å². The summed E-state index contributed by atoms with van der Waals surface area (Å²) in [6.45, 7) is 2.08. The van der Waals surface area contributed by atoms with Gasteiger partial charge in [-0.15, -0.1) is 0 Å². The molecule has 9 nitrogen and oxygen atoms in total. The second kappa shape index (κ2) is 8.75. The highest BCUT2D eigenvalue weighted by atomic mass is 35.5. The van der Waals surface area contributed by atoms with Gasteiger partial charge in [0.05, 0.1) is 31.2 Å². The third-order valence-corrected chi connectivity index (χ3v) is 3.85. The number of nitrogens with one attached hydrogen (secondary N) is 1. The Hall–Kier alpha value is -2.23. The zero-order valence-electron chi connectivity index (χ0n) is 13.7. The van der Waals surface area contributed by atoms with Gasteiger partial charge in [-0.3, -0.25) is 24.6 Å². The van der Waals surface area contributed by atoms with E-state index in [9.17, 15) is 19.7 Å². The van der Waals surface area contributed by atoms with Gasteiger partial charge in [0, 0.05) is 24.2 Å². The predicted octanol–water partition coefficient (Wildman–Crippen LogP) is 0.977. The maximum atomic E-state index is 12.1. The van der Waals surface area contributed by atoms with Crippen molar-refractivity contribution in [2.75, 3.05) is 51.8 Å². The minimum absolute atomic E-state index is 0.0235. The molecule has 0 bridgehead atoms. The number of likely N-dealkylation sites (N-methyl/N-ethyl adjacent to an activating group) is 1. The third-order valence-electron chi connectivity index (χ3n) is 3.61. The summed E-state index contributed by atoms with van der Waals surface area (Å²) in [5.41, 5.74) is -0.222. The van der Waals surface area contributed by atoms with Crippen LogP contribution >= 0.6 is 11.6 Å². The number of ether oxygens (including phenoxy) is 1. The second-order valence-corrected chi connectivity index (χ2v) is 6.07. The first-order valence-electron chi connectivity index (χ1n) is 7.64. The van der Waals surface area contributed by atoms with Crippen molar-refractivity contribution in [2.24, 2.45) is 0 Å². The molecule has 1 aromatic rings. The standard InChI is InChI=1S/C15H19ClN4O5/c1-18(10-15(22)19-4-6-25-7-5-19)9-14(21)17-12-8-11(16)2-3-13(12)20(23)24/h2-3,8H,4-7,9-10H2,1H3,(H,17,21). The SMILES string of the molecule is CN(CC(=O)Nc1cc(Cl)ccc1[N+](=O)[O-])CC(=O)N1CCOCC1. The minimum atomic E-state index is -0.600. The average Bonchev–Trinajstić information content (AvgIpc) is 2.55. The van der Waals surface area contributed by atoms with E-state index in [0.29, 0.717) is 26.3 Å². The van der Waals surface area contributed by atoms with Crippen molar-refractivity contribution < 1.29 is 19.2 Å². The van der Waals surface area contributed by atoms with Crippen LogP contribution in [0.1, 0.15) is 0 Å². The van der Waals surface area contributed by atoms with E-state index in [-0.39, 0.29) is 35.4 Å². The van der Waals surface area contributed by atoms with Gasteiger partial charge in [0.15, 0.2) is 0 Å². The summed E-state index contributed by atoms with van der Waals surface area (Å²) in [5, 5.41) is 13.7. The molecule has 0 aromatic heterocycles. The summed E-state index contributed by atoms with van der Waals surface area (Å²) in [7, 11) is 1.63. The number of nitro benzene ring substituents is 1. The fourth-order valence-corrected chi connectivity index (χ4v) is 2.57. The lowest BCUT2D eigenvalue weighted by Gasteiger charge is -2.28. The topological polar surface area (TPSA) is 105 Å². The first-order chi connectivity index (χ1) is 11.9. The highest BCUT2D eigenvalue weighted by Gasteiger charge is 2.20. The van der Waals surface area contributed by atoms with Crippen LogP contribution < -0.4 is 5.32 Å². The average molecular weight is 371 g/mol. The number of morpholine rings is 1. The van der Waals surface area contributed by atoms with E-state index in [1.165, 1.54) is 18.2 Å². The number of rotatable bonds is 6. The lowest BCUT2D eigenvalue weighted by atomic mass is 10.2. The summed E-state index contributed by atoms with van der Waals surface area (Å²) >= 11 is 5.82. The Kier molecular flexibility index (Phi) is 6.68. The van der Waals surface area contributed by atoms with Crippen molar-refractivity contribution in [2.45, 2.75) is 0 Å². The van der Waals surface area contributed by atoms with Gasteiger partial charge in [-0.05, 0) is 19.2 Å². The molecule has 0 spiro atoms. The first-order valence-corrected chi connectivity index (χ1v) is 8.02. The van der Waals surface area contributed by atoms with E-state index in [1.54, 1.807) is 16.8 Å². The van der Waals surface area contributed by atoms with Crippen molar-refractivity contribution in [1.29, 1.82) is 0 Å². The summed E-state index contributed by atoms with van der Waals surface area (Å²) in [4.78, 5) is 37.9. The van der Waals surface area contributed by atoms with E-state index in [0.717, 1.165) is 0 Å². The summed E-state index contributed by atoms with van der Waals surface area (Å²) in [6, 6.07) is 3.92. The molecule has 1 fully saturated rings. The molecule has 1 aromatic carbocycles. The maximum Gasteiger partial charge on any atom is 0.292 e. The number of amides is 2. The van der Waals surface area contributed by atoms with Gasteiger partial charge in [-0.25, -0.2) is 0 Å². The molecular formula is C15H19ClN4O5. The van der Waals surface area contributed by atoms with Crippen LogP contribution in [0.15, 0.2) is 18.2 Å². The lowest BCUT2D eigenvalue weighted by molar-refractivity contribution is -0.383. The summed E-state index contributed by atoms with van der Waals surface area (Å²) < 4.78 is 5.19. The van der Waals surface area contributed by atoms with Gasteiger partial charge in [-0.1, -0.05) is 11.6 Å². The largest absolute Gasteiger partial charge is 0.378 e. The molecule has 2 amide bonds. The molecule has 10 heteroatoms. The molecule has 1 aliphatic rings. The Labute approximate surface area is 149 Å². The molecular weight excluding hydrogens is 352 g/mol. The highest BCUT2D eigenvalue weighted by molar-refractivity contribution is 6.31. The smallest absolute Gasteiger partial charge is 0.292 e. The molecule has 0 unspecified atom stereocenters. The molecule has 1 heterocycles. The normalized spacial score (nSPS) is 14.4. The number of nitrogens with zero attached hydrogens (tertiary/aromatic N) is 3. The molecule has 136 valence electrons. The van der Waals surface area contributed by atoms with Crippen LogP contribution in [0.4, 0.5) is 11.4 Å². The Morgan fingerprint density at radius 2 is 2.04 bits per heavy atom. The zero-order valence-corrected chi connectivity index (χ0v) is 14.5. The number of anilines is 1. The van der Waals surface area contributed by atoms with Gasteiger partial charge >= 0.3 is 0 Å². The fraction of sp³-hybridized carbons (Fsp3) is 0.467. The van der Waals surface area contributed by atoms with Gasteiger partial charge in [0.25, 0.3) is 5.69 Å². The lowest BCUT2D eigenvalue weighted by Crippen LogP contribution is -2.46. The number of nitro groups is 1. The van der Waals surface area contributed by atoms with Crippen molar-refractivity contribution in [1.82, 2.24) is 9.80 Å². The molecule has 2 rings (SSSR count). The Bertz CT molecular complexity index is 663. The van der Waals surface area contributed by atoms with E-state index in [2.05, 4.69) is 5.32 Å². The number of halogens is 1. The van der Waals surface area contributed by atoms with Gasteiger partial charge in [-0.2, -0.15) is 0 Å². The second-order valence-electron chi connectivity index (χ2n) is 5.63. The molecule has 0 radical (unpaired) electrons. The van der Waals surface area contributed by atoms with Gasteiger partial charge < -0.3 is 15.0 Å². The van der Waals surface area contributed by atoms with Gasteiger partial charge in [0.2, 0.25) is 11.8 Å². The number of benzene rings is 1. The summed E-state index contributed by atoms with van der Waals surface area (Å²) in [5.74, 6) is -0.560. The van der Waals surface area contributed by atoms with E-state index >= 15 is 0 Å². The zero-order chi connectivity index (χ0) is 18.4. The third kappa shape index (κ3) is 5.66. The monoisotopic (exact) mass is 370 g/mol. The van der Waals surface area contributed by atoms with E-state index < -0.39 is 10.8 Å². The van der Waals surface area contributed by atoms with Crippen LogP contribution in [0.3, 0.4) is 0 Å². The van der Waals surface area contributed by atoms with E-state index in [4.69, 9.17) is 16.3 Å². The van der Waals surface area contributed by atoms with Crippen molar-refractivity contribution in [3.05, 3.63) is 33.3 Å². The van der Waals surface area contributed by atoms with Crippen molar-refractivity contribution >= 4 is 34.8 Å². The number of carbonyl (C=O) groups excluding carboxylic acids is 2. The number of carbonyl (C=O) groups is 2. The minimum Gasteiger partial charge on any atom is -0.378 e. The quantitative estimate of drug-likeness (QED) is 0.591. The molecule has 1 N–H and O–H groups in total. The van der Waals surface area contributed by atoms with Crippen LogP contribution in [-0.2, 0) is 14.3 Å². The first kappa shape index (κ1) is 19.1. The molecule has 0 atom stereocenters. The fourth-order valence-electron chi connectivity index (χ4n) is 2.40. The van der Waals surface area contributed by atoms with Gasteiger partial charge in [0.1, 0.15) is 5.69 Å². The molecule has 25 heavy (non-hydrogen) atoms. The highest BCUT2D eigenvalue weighted by Crippen LogP contribution is 2.27. The summed E-state index contributed by atoms with van der Waals surface area (Å²) in [6.07, 6.45) is 0. The Morgan fingerprint density at radius 1 is 1.36 bits per heavy atom. The molecule has 1 saturated heterocycles. The predicted molar refractivity (Wildman–Crippen MR) is 91.6 cm³/mol. The molecule has 0 saturated carbocycles. The maximum absolute atomic E-state index is 12.1. The Balaban J connectivity index is 1.90. The molecule has 1 aliphatic heterocycles.